The summed E-state index contributed by atoms with van der Waals surface area (Å²) in [5.74, 6) is -0.666. The topological polar surface area (TPSA) is 89.8 Å². The van der Waals surface area contributed by atoms with Gasteiger partial charge in [-0.05, 0) is 30.0 Å². The molecular weight excluding hydrogens is 348 g/mol. The molecule has 0 bridgehead atoms. The van der Waals surface area contributed by atoms with Crippen LogP contribution in [0.25, 0.3) is 0 Å². The molecule has 0 aromatic heterocycles. The molecule has 2 aromatic carbocycles. The number of esters is 1. The summed E-state index contributed by atoms with van der Waals surface area (Å²) in [4.78, 5) is 37.2. The normalized spacial score (nSPS) is 14.4. The number of rotatable bonds is 6. The molecule has 0 saturated carbocycles. The summed E-state index contributed by atoms with van der Waals surface area (Å²) in [5, 5.41) is 11.0. The molecule has 0 saturated heterocycles. The standard InChI is InChI=1S/C20H20N2O5/c1-2-17(20(24)27-13-14-6-4-3-5-7-14)21-18-10-9-16(22(25)26)12-15(18)8-11-19(21)23/h3-7,9-10,12,17H,2,8,11,13H2,1H3. The Balaban J connectivity index is 1.83. The summed E-state index contributed by atoms with van der Waals surface area (Å²) in [6, 6.07) is 12.9. The van der Waals surface area contributed by atoms with E-state index in [0.29, 0.717) is 24.1 Å². The van der Waals surface area contributed by atoms with Crippen molar-refractivity contribution in [2.24, 2.45) is 0 Å². The van der Waals surface area contributed by atoms with Crippen LogP contribution in [0.5, 0.6) is 0 Å². The highest BCUT2D eigenvalue weighted by atomic mass is 16.6. The van der Waals surface area contributed by atoms with Crippen molar-refractivity contribution in [1.82, 2.24) is 0 Å². The van der Waals surface area contributed by atoms with Crippen LogP contribution in [0, 0.1) is 10.1 Å². The zero-order valence-corrected chi connectivity index (χ0v) is 15.0. The summed E-state index contributed by atoms with van der Waals surface area (Å²) >= 11 is 0. The second-order valence-corrected chi connectivity index (χ2v) is 6.35. The van der Waals surface area contributed by atoms with Crippen molar-refractivity contribution in [3.8, 4) is 0 Å². The molecule has 1 aliphatic rings. The molecule has 0 fully saturated rings. The quantitative estimate of drug-likeness (QED) is 0.443. The largest absolute Gasteiger partial charge is 0.459 e. The summed E-state index contributed by atoms with van der Waals surface area (Å²) in [5.41, 5.74) is 2.07. The molecular formula is C20H20N2O5. The molecule has 1 amide bonds. The van der Waals surface area contributed by atoms with Crippen molar-refractivity contribution >= 4 is 23.3 Å². The fraction of sp³-hybridized carbons (Fsp3) is 0.300. The second kappa shape index (κ2) is 7.99. The van der Waals surface area contributed by atoms with E-state index in [9.17, 15) is 19.7 Å². The molecule has 1 atom stereocenters. The summed E-state index contributed by atoms with van der Waals surface area (Å²) in [6.45, 7) is 1.94. The van der Waals surface area contributed by atoms with E-state index in [1.165, 1.54) is 23.1 Å². The molecule has 0 N–H and O–H groups in total. The minimum Gasteiger partial charge on any atom is -0.459 e. The van der Waals surface area contributed by atoms with Crippen LogP contribution in [-0.4, -0.2) is 22.8 Å². The Morgan fingerprint density at radius 2 is 1.96 bits per heavy atom. The Labute approximate surface area is 156 Å². The predicted octanol–water partition coefficient (Wildman–Crippen LogP) is 3.40. The number of ether oxygens (including phenoxy) is 1. The first-order chi connectivity index (χ1) is 13.0. The number of non-ortho nitro benzene ring substituents is 1. The molecule has 0 radical (unpaired) electrons. The molecule has 140 valence electrons. The number of fused-ring (bicyclic) bond motifs is 1. The van der Waals surface area contributed by atoms with Gasteiger partial charge in [-0.25, -0.2) is 4.79 Å². The van der Waals surface area contributed by atoms with Gasteiger partial charge in [-0.2, -0.15) is 0 Å². The molecule has 1 unspecified atom stereocenters. The first-order valence-electron chi connectivity index (χ1n) is 8.81. The fourth-order valence-electron chi connectivity index (χ4n) is 3.24. The molecule has 2 aromatic rings. The van der Waals surface area contributed by atoms with E-state index in [4.69, 9.17) is 4.74 Å². The fourth-order valence-corrected chi connectivity index (χ4v) is 3.24. The molecule has 7 heteroatoms. The third-order valence-corrected chi connectivity index (χ3v) is 4.60. The van der Waals surface area contributed by atoms with Gasteiger partial charge in [-0.3, -0.25) is 19.8 Å². The lowest BCUT2D eigenvalue weighted by Gasteiger charge is -2.34. The average molecular weight is 368 g/mol. The highest BCUT2D eigenvalue weighted by Crippen LogP contribution is 2.33. The Hall–Kier alpha value is -3.22. The number of amides is 1. The lowest BCUT2D eigenvalue weighted by atomic mass is 9.98. The monoisotopic (exact) mass is 368 g/mol. The summed E-state index contributed by atoms with van der Waals surface area (Å²) in [7, 11) is 0. The maximum Gasteiger partial charge on any atom is 0.329 e. The number of benzene rings is 2. The van der Waals surface area contributed by atoms with Gasteiger partial charge in [0.1, 0.15) is 12.6 Å². The van der Waals surface area contributed by atoms with E-state index in [-0.39, 0.29) is 24.6 Å². The Morgan fingerprint density at radius 3 is 2.63 bits per heavy atom. The number of nitro benzene ring substituents is 1. The first-order valence-corrected chi connectivity index (χ1v) is 8.81. The van der Waals surface area contributed by atoms with Gasteiger partial charge in [0.2, 0.25) is 5.91 Å². The van der Waals surface area contributed by atoms with Gasteiger partial charge in [0.25, 0.3) is 5.69 Å². The lowest BCUT2D eigenvalue weighted by molar-refractivity contribution is -0.384. The van der Waals surface area contributed by atoms with E-state index in [1.54, 1.807) is 6.92 Å². The van der Waals surface area contributed by atoms with Crippen molar-refractivity contribution in [3.63, 3.8) is 0 Å². The van der Waals surface area contributed by atoms with Crippen molar-refractivity contribution in [2.45, 2.75) is 38.8 Å². The van der Waals surface area contributed by atoms with Crippen molar-refractivity contribution in [3.05, 3.63) is 69.8 Å². The number of carbonyl (C=O) groups is 2. The Bertz CT molecular complexity index is 866. The zero-order chi connectivity index (χ0) is 19.4. The van der Waals surface area contributed by atoms with Gasteiger partial charge < -0.3 is 4.74 Å². The number of carbonyl (C=O) groups excluding carboxylic acids is 2. The number of hydrogen-bond acceptors (Lipinski definition) is 5. The number of nitro groups is 1. The van der Waals surface area contributed by atoms with Gasteiger partial charge in [-0.15, -0.1) is 0 Å². The molecule has 1 aliphatic heterocycles. The first kappa shape index (κ1) is 18.6. The SMILES string of the molecule is CCC(C(=O)OCc1ccccc1)N1C(=O)CCc2cc([N+](=O)[O-])ccc21. The van der Waals surface area contributed by atoms with E-state index in [1.807, 2.05) is 30.3 Å². The highest BCUT2D eigenvalue weighted by Gasteiger charge is 2.35. The van der Waals surface area contributed by atoms with Crippen molar-refractivity contribution in [2.75, 3.05) is 4.90 Å². The van der Waals surface area contributed by atoms with Crippen LogP contribution < -0.4 is 4.90 Å². The maximum absolute atomic E-state index is 12.7. The van der Waals surface area contributed by atoms with E-state index in [0.717, 1.165) is 5.56 Å². The Morgan fingerprint density at radius 1 is 1.22 bits per heavy atom. The highest BCUT2D eigenvalue weighted by molar-refractivity contribution is 6.01. The number of aryl methyl sites for hydroxylation is 1. The summed E-state index contributed by atoms with van der Waals surface area (Å²) in [6.07, 6.45) is 1.01. The minimum absolute atomic E-state index is 0.0252. The van der Waals surface area contributed by atoms with Crippen LogP contribution >= 0.6 is 0 Å². The smallest absolute Gasteiger partial charge is 0.329 e. The third-order valence-electron chi connectivity index (χ3n) is 4.60. The van der Waals surface area contributed by atoms with Gasteiger partial charge >= 0.3 is 5.97 Å². The van der Waals surface area contributed by atoms with Crippen LogP contribution in [0.3, 0.4) is 0 Å². The maximum atomic E-state index is 12.7. The number of nitrogens with zero attached hydrogens (tertiary/aromatic N) is 2. The molecule has 1 heterocycles. The van der Waals surface area contributed by atoms with Gasteiger partial charge in [-0.1, -0.05) is 37.3 Å². The lowest BCUT2D eigenvalue weighted by Crippen LogP contribution is -2.48. The molecule has 27 heavy (non-hydrogen) atoms. The van der Waals surface area contributed by atoms with Gasteiger partial charge in [0, 0.05) is 24.2 Å². The third kappa shape index (κ3) is 3.97. The number of hydrogen-bond donors (Lipinski definition) is 0. The van der Waals surface area contributed by atoms with Gasteiger partial charge in [0.15, 0.2) is 0 Å². The van der Waals surface area contributed by atoms with Crippen LogP contribution in [0.1, 0.15) is 30.9 Å². The minimum atomic E-state index is -0.762. The zero-order valence-electron chi connectivity index (χ0n) is 15.0. The molecule has 0 aliphatic carbocycles. The van der Waals surface area contributed by atoms with E-state index >= 15 is 0 Å². The Kier molecular flexibility index (Phi) is 5.49. The summed E-state index contributed by atoms with van der Waals surface area (Å²) < 4.78 is 5.42. The molecule has 7 nitrogen and oxygen atoms in total. The van der Waals surface area contributed by atoms with Crippen LogP contribution in [0.15, 0.2) is 48.5 Å². The van der Waals surface area contributed by atoms with Crippen LogP contribution in [-0.2, 0) is 27.4 Å². The second-order valence-electron chi connectivity index (χ2n) is 6.35. The molecule has 3 rings (SSSR count). The van der Waals surface area contributed by atoms with Crippen molar-refractivity contribution in [1.29, 1.82) is 0 Å². The van der Waals surface area contributed by atoms with Crippen LogP contribution in [0.4, 0.5) is 11.4 Å². The van der Waals surface area contributed by atoms with Crippen molar-refractivity contribution < 1.29 is 19.2 Å². The van der Waals surface area contributed by atoms with E-state index < -0.39 is 16.9 Å². The predicted molar refractivity (Wildman–Crippen MR) is 99.2 cm³/mol. The van der Waals surface area contributed by atoms with Crippen LogP contribution in [0.2, 0.25) is 0 Å². The average Bonchev–Trinajstić information content (AvgIpc) is 2.68. The van der Waals surface area contributed by atoms with Gasteiger partial charge in [0.05, 0.1) is 4.92 Å². The number of anilines is 1. The molecule has 0 spiro atoms. The van der Waals surface area contributed by atoms with E-state index in [2.05, 4.69) is 0 Å².